The quantitative estimate of drug-likeness (QED) is 0.811. The number of aromatic nitrogens is 3. The van der Waals surface area contributed by atoms with Crippen LogP contribution in [0.3, 0.4) is 0 Å². The van der Waals surface area contributed by atoms with E-state index in [0.717, 1.165) is 16.8 Å². The molecule has 1 atom stereocenters. The van der Waals surface area contributed by atoms with E-state index in [0.29, 0.717) is 24.0 Å². The molecule has 0 spiro atoms. The van der Waals surface area contributed by atoms with Gasteiger partial charge >= 0.3 is 0 Å². The fraction of sp³-hybridized carbons (Fsp3) is 0.500. The molecule has 2 N–H and O–H groups in total. The SMILES string of the molecule is Cc1nc2c(c(C)c1CC(=O)NC1CC(=O)N(C)C1)c(=O)[nH]n2C. The molecule has 1 aliphatic heterocycles. The first-order valence-corrected chi connectivity index (χ1v) is 7.86. The minimum atomic E-state index is -0.206. The molecule has 0 aliphatic carbocycles. The standard InChI is InChI=1S/C16H21N5O3/c1-8-11(6-12(22)18-10-5-13(23)20(3)7-10)9(2)17-15-14(8)16(24)19-21(15)4/h10H,5-7H2,1-4H3,(H,18,22)(H,19,24). The van der Waals surface area contributed by atoms with Crippen LogP contribution in [-0.4, -0.2) is 51.1 Å². The molecular weight excluding hydrogens is 310 g/mol. The lowest BCUT2D eigenvalue weighted by Crippen LogP contribution is -2.37. The highest BCUT2D eigenvalue weighted by molar-refractivity contribution is 5.86. The molecule has 3 heterocycles. The average molecular weight is 331 g/mol. The van der Waals surface area contributed by atoms with Gasteiger partial charge in [-0.1, -0.05) is 0 Å². The molecule has 0 radical (unpaired) electrons. The van der Waals surface area contributed by atoms with Crippen molar-refractivity contribution in [3.8, 4) is 0 Å². The average Bonchev–Trinajstić information content (AvgIpc) is 2.94. The molecular formula is C16H21N5O3. The molecule has 2 aromatic heterocycles. The van der Waals surface area contributed by atoms with E-state index in [9.17, 15) is 14.4 Å². The summed E-state index contributed by atoms with van der Waals surface area (Å²) in [5.74, 6) is -0.130. The van der Waals surface area contributed by atoms with Crippen molar-refractivity contribution >= 4 is 22.8 Å². The van der Waals surface area contributed by atoms with E-state index in [2.05, 4.69) is 15.4 Å². The number of hydrogen-bond acceptors (Lipinski definition) is 4. The van der Waals surface area contributed by atoms with E-state index in [4.69, 9.17) is 0 Å². The van der Waals surface area contributed by atoms with Crippen molar-refractivity contribution in [1.82, 2.24) is 25.0 Å². The maximum atomic E-state index is 12.4. The number of likely N-dealkylation sites (N-methyl/N-ethyl adjacent to an activating group) is 1. The van der Waals surface area contributed by atoms with E-state index >= 15 is 0 Å². The predicted molar refractivity (Wildman–Crippen MR) is 88.7 cm³/mol. The minimum Gasteiger partial charge on any atom is -0.351 e. The molecule has 8 nitrogen and oxygen atoms in total. The number of aryl methyl sites for hydroxylation is 3. The van der Waals surface area contributed by atoms with Crippen molar-refractivity contribution in [2.24, 2.45) is 7.05 Å². The minimum absolute atomic E-state index is 0.0339. The molecule has 0 saturated carbocycles. The number of pyridine rings is 1. The summed E-state index contributed by atoms with van der Waals surface area (Å²) < 4.78 is 1.58. The van der Waals surface area contributed by atoms with Crippen molar-refractivity contribution in [2.75, 3.05) is 13.6 Å². The number of rotatable bonds is 3. The fourth-order valence-corrected chi connectivity index (χ4v) is 3.31. The number of H-pyrrole nitrogens is 1. The first-order valence-electron chi connectivity index (χ1n) is 7.86. The van der Waals surface area contributed by atoms with Crippen LogP contribution in [-0.2, 0) is 23.1 Å². The Hall–Kier alpha value is -2.64. The summed E-state index contributed by atoms with van der Waals surface area (Å²) in [5.41, 5.74) is 2.64. The van der Waals surface area contributed by atoms with Gasteiger partial charge in [0.25, 0.3) is 5.56 Å². The Labute approximate surface area is 138 Å². The van der Waals surface area contributed by atoms with Gasteiger partial charge in [0.2, 0.25) is 11.8 Å². The lowest BCUT2D eigenvalue weighted by atomic mass is 10.0. The lowest BCUT2D eigenvalue weighted by molar-refractivity contribution is -0.126. The van der Waals surface area contributed by atoms with Crippen LogP contribution in [0.1, 0.15) is 23.2 Å². The van der Waals surface area contributed by atoms with Crippen LogP contribution in [0.4, 0.5) is 0 Å². The van der Waals surface area contributed by atoms with E-state index in [1.807, 2.05) is 13.8 Å². The Kier molecular flexibility index (Phi) is 3.90. The van der Waals surface area contributed by atoms with Gasteiger partial charge in [-0.05, 0) is 25.0 Å². The molecule has 1 saturated heterocycles. The van der Waals surface area contributed by atoms with Crippen LogP contribution < -0.4 is 10.9 Å². The summed E-state index contributed by atoms with van der Waals surface area (Å²) in [4.78, 5) is 42.0. The zero-order chi connectivity index (χ0) is 17.6. The van der Waals surface area contributed by atoms with Crippen molar-refractivity contribution in [3.05, 3.63) is 27.2 Å². The number of hydrogen-bond donors (Lipinski definition) is 2. The van der Waals surface area contributed by atoms with E-state index in [1.165, 1.54) is 0 Å². The highest BCUT2D eigenvalue weighted by atomic mass is 16.2. The van der Waals surface area contributed by atoms with Gasteiger partial charge in [-0.2, -0.15) is 0 Å². The first kappa shape index (κ1) is 16.2. The Balaban J connectivity index is 1.85. The molecule has 0 bridgehead atoms. The number of carbonyl (C=O) groups is 2. The molecule has 0 aromatic carbocycles. The molecule has 1 unspecified atom stereocenters. The molecule has 3 rings (SSSR count). The fourth-order valence-electron chi connectivity index (χ4n) is 3.31. The molecule has 2 aromatic rings. The predicted octanol–water partition coefficient (Wildman–Crippen LogP) is -0.232. The third-order valence-corrected chi connectivity index (χ3v) is 4.62. The first-order chi connectivity index (χ1) is 11.3. The third-order valence-electron chi connectivity index (χ3n) is 4.62. The Morgan fingerprint density at radius 1 is 1.33 bits per heavy atom. The van der Waals surface area contributed by atoms with Crippen molar-refractivity contribution in [2.45, 2.75) is 32.7 Å². The van der Waals surface area contributed by atoms with Crippen LogP contribution in [0.15, 0.2) is 4.79 Å². The molecule has 128 valence electrons. The van der Waals surface area contributed by atoms with Gasteiger partial charge in [-0.15, -0.1) is 0 Å². The summed E-state index contributed by atoms with van der Waals surface area (Å²) in [6.07, 6.45) is 0.471. The zero-order valence-corrected chi connectivity index (χ0v) is 14.3. The molecule has 2 amide bonds. The number of nitrogens with one attached hydrogen (secondary N) is 2. The van der Waals surface area contributed by atoms with E-state index in [1.54, 1.807) is 23.7 Å². The van der Waals surface area contributed by atoms with Gasteiger partial charge in [-0.3, -0.25) is 24.2 Å². The molecule has 8 heteroatoms. The van der Waals surface area contributed by atoms with E-state index in [-0.39, 0.29) is 29.8 Å². The summed E-state index contributed by atoms with van der Waals surface area (Å²) in [5, 5.41) is 6.09. The Morgan fingerprint density at radius 2 is 2.04 bits per heavy atom. The van der Waals surface area contributed by atoms with Crippen LogP contribution >= 0.6 is 0 Å². The summed E-state index contributed by atoms with van der Waals surface area (Å²) >= 11 is 0. The number of aromatic amines is 1. The van der Waals surface area contributed by atoms with Crippen LogP contribution in [0, 0.1) is 13.8 Å². The van der Waals surface area contributed by atoms with Crippen molar-refractivity contribution in [1.29, 1.82) is 0 Å². The van der Waals surface area contributed by atoms with Gasteiger partial charge in [0.05, 0.1) is 17.8 Å². The topological polar surface area (TPSA) is 100 Å². The highest BCUT2D eigenvalue weighted by Gasteiger charge is 2.28. The third kappa shape index (κ3) is 2.68. The normalized spacial score (nSPS) is 17.8. The number of carbonyl (C=O) groups excluding carboxylic acids is 2. The Morgan fingerprint density at radius 3 is 2.67 bits per heavy atom. The number of nitrogens with zero attached hydrogens (tertiary/aromatic N) is 3. The van der Waals surface area contributed by atoms with Gasteiger partial charge in [0, 0.05) is 32.8 Å². The second kappa shape index (κ2) is 5.77. The van der Waals surface area contributed by atoms with Gasteiger partial charge in [0.1, 0.15) is 0 Å². The second-order valence-electron chi connectivity index (χ2n) is 6.42. The van der Waals surface area contributed by atoms with Crippen LogP contribution in [0.2, 0.25) is 0 Å². The number of likely N-dealkylation sites (tertiary alicyclic amines) is 1. The van der Waals surface area contributed by atoms with Gasteiger partial charge in [0.15, 0.2) is 5.65 Å². The highest BCUT2D eigenvalue weighted by Crippen LogP contribution is 2.20. The molecule has 24 heavy (non-hydrogen) atoms. The lowest BCUT2D eigenvalue weighted by Gasteiger charge is -2.14. The van der Waals surface area contributed by atoms with Gasteiger partial charge < -0.3 is 10.2 Å². The smallest absolute Gasteiger partial charge is 0.273 e. The largest absolute Gasteiger partial charge is 0.351 e. The molecule has 1 aliphatic rings. The second-order valence-corrected chi connectivity index (χ2v) is 6.42. The summed E-state index contributed by atoms with van der Waals surface area (Å²) in [7, 11) is 3.46. The van der Waals surface area contributed by atoms with Crippen molar-refractivity contribution < 1.29 is 9.59 Å². The number of amides is 2. The van der Waals surface area contributed by atoms with E-state index < -0.39 is 0 Å². The summed E-state index contributed by atoms with van der Waals surface area (Å²) in [6.45, 7) is 4.19. The monoisotopic (exact) mass is 331 g/mol. The summed E-state index contributed by atoms with van der Waals surface area (Å²) in [6, 6.07) is -0.160. The Bertz CT molecular complexity index is 895. The van der Waals surface area contributed by atoms with Crippen molar-refractivity contribution in [3.63, 3.8) is 0 Å². The zero-order valence-electron chi connectivity index (χ0n) is 14.3. The number of fused-ring (bicyclic) bond motifs is 1. The van der Waals surface area contributed by atoms with Crippen LogP contribution in [0.25, 0.3) is 11.0 Å². The van der Waals surface area contributed by atoms with Gasteiger partial charge in [-0.25, -0.2) is 4.98 Å². The maximum absolute atomic E-state index is 12.4. The van der Waals surface area contributed by atoms with Crippen LogP contribution in [0.5, 0.6) is 0 Å². The maximum Gasteiger partial charge on any atom is 0.273 e. The molecule has 1 fully saturated rings.